The van der Waals surface area contributed by atoms with Gasteiger partial charge in [0.1, 0.15) is 11.2 Å². The minimum atomic E-state index is -3.83. The molecule has 11 aromatic rings. The number of fused-ring (bicyclic) bond motifs is 7. The number of rotatable bonds is 5. The molecule has 10 aromatic carbocycles. The van der Waals surface area contributed by atoms with Gasteiger partial charge in [-0.2, -0.15) is 0 Å². The third-order valence-corrected chi connectivity index (χ3v) is 15.0. The van der Waals surface area contributed by atoms with E-state index in [0.717, 1.165) is 93.8 Å². The Hall–Kier alpha value is -7.39. The van der Waals surface area contributed by atoms with Gasteiger partial charge in [0.05, 0.1) is 16.7 Å². The Morgan fingerprint density at radius 3 is 1.56 bits per heavy atom. The highest BCUT2D eigenvalue weighted by Gasteiger charge is 2.51. The summed E-state index contributed by atoms with van der Waals surface area (Å²) in [4.78, 5) is 0. The largest absolute Gasteiger partial charge is 0.456 e. The molecule has 59 heavy (non-hydrogen) atoms. The van der Waals surface area contributed by atoms with E-state index in [9.17, 15) is 0 Å². The minimum Gasteiger partial charge on any atom is -0.456 e. The summed E-state index contributed by atoms with van der Waals surface area (Å²) in [6.45, 7) is 0. The molecule has 1 aromatic heterocycles. The van der Waals surface area contributed by atoms with Crippen LogP contribution in [0.5, 0.6) is 0 Å². The van der Waals surface area contributed by atoms with Crippen LogP contribution in [0.3, 0.4) is 0 Å². The number of furan rings is 1. The molecule has 0 spiro atoms. The summed E-state index contributed by atoms with van der Waals surface area (Å²) in [6, 6.07) is 73.8. The van der Waals surface area contributed by atoms with Gasteiger partial charge in [0, 0.05) is 22.1 Å². The highest BCUT2D eigenvalue weighted by molar-refractivity contribution is 7.77. The summed E-state index contributed by atoms with van der Waals surface area (Å²) in [5, 5.41) is 9.39. The molecular weight excluding hydrogens is 740 g/mol. The van der Waals surface area contributed by atoms with Crippen molar-refractivity contribution in [3.63, 3.8) is 0 Å². The highest BCUT2D eigenvalue weighted by atomic mass is 31.2. The first kappa shape index (κ1) is 33.7. The van der Waals surface area contributed by atoms with Crippen molar-refractivity contribution in [2.45, 2.75) is 0 Å². The predicted octanol–water partition coefficient (Wildman–Crippen LogP) is 15.2. The Balaban J connectivity index is 1.16. The third kappa shape index (κ3) is 5.07. The van der Waals surface area contributed by atoms with Crippen molar-refractivity contribution in [1.29, 1.82) is 0 Å². The number of hydrogen-bond acceptors (Lipinski definition) is 2. The first-order valence-electron chi connectivity index (χ1n) is 20.0. The van der Waals surface area contributed by atoms with Crippen LogP contribution in [0.4, 0.5) is 22.7 Å². The fraction of sp³-hybridized carbons (Fsp3) is 0. The minimum absolute atomic E-state index is 0.810. The molecule has 0 saturated heterocycles. The Kier molecular flexibility index (Phi) is 7.47. The SMILES string of the molecule is O=P1(c2c3ccccc3c(-c3ccc4ccccc4c3)c3ccccc23)N(c2ccccc2)c2ccc(-c3ccc4oc5ccccc5c4c3)cc2N1c1ccccc1. The second-order valence-electron chi connectivity index (χ2n) is 15.2. The molecule has 0 aliphatic carbocycles. The molecule has 4 nitrogen and oxygen atoms in total. The lowest BCUT2D eigenvalue weighted by atomic mass is 9.91. The second kappa shape index (κ2) is 13.1. The van der Waals surface area contributed by atoms with Crippen molar-refractivity contribution in [2.24, 2.45) is 0 Å². The fourth-order valence-electron chi connectivity index (χ4n) is 9.34. The van der Waals surface area contributed by atoms with Gasteiger partial charge >= 0.3 is 7.44 Å². The highest BCUT2D eigenvalue weighted by Crippen LogP contribution is 2.71. The van der Waals surface area contributed by atoms with Crippen LogP contribution in [0.15, 0.2) is 217 Å². The molecule has 1 unspecified atom stereocenters. The predicted molar refractivity (Wildman–Crippen MR) is 248 cm³/mol. The van der Waals surface area contributed by atoms with Gasteiger partial charge in [-0.15, -0.1) is 0 Å². The lowest BCUT2D eigenvalue weighted by molar-refractivity contribution is 0.583. The van der Waals surface area contributed by atoms with Gasteiger partial charge in [-0.05, 0) is 115 Å². The Morgan fingerprint density at radius 1 is 0.356 bits per heavy atom. The number of nitrogens with zero attached hydrogens (tertiary/aromatic N) is 2. The Bertz CT molecular complexity index is 3450. The van der Waals surface area contributed by atoms with Crippen LogP contribution in [-0.4, -0.2) is 0 Å². The number of hydrogen-bond donors (Lipinski definition) is 0. The van der Waals surface area contributed by atoms with Crippen molar-refractivity contribution in [3.05, 3.63) is 212 Å². The number of benzene rings is 10. The van der Waals surface area contributed by atoms with E-state index >= 15 is 4.57 Å². The van der Waals surface area contributed by atoms with Crippen molar-refractivity contribution in [2.75, 3.05) is 9.34 Å². The smallest absolute Gasteiger partial charge is 0.302 e. The molecule has 278 valence electrons. The summed E-state index contributed by atoms with van der Waals surface area (Å²) in [5.74, 6) is 0. The number of para-hydroxylation sites is 3. The van der Waals surface area contributed by atoms with E-state index in [2.05, 4.69) is 173 Å². The molecule has 0 amide bonds. The van der Waals surface area contributed by atoms with E-state index in [1.54, 1.807) is 0 Å². The van der Waals surface area contributed by atoms with Gasteiger partial charge in [0.25, 0.3) is 0 Å². The first-order chi connectivity index (χ1) is 29.1. The van der Waals surface area contributed by atoms with Crippen LogP contribution in [0, 0.1) is 0 Å². The molecule has 5 heteroatoms. The van der Waals surface area contributed by atoms with E-state index in [4.69, 9.17) is 4.42 Å². The molecule has 1 aliphatic rings. The van der Waals surface area contributed by atoms with Crippen LogP contribution in [0.2, 0.25) is 0 Å². The maximum absolute atomic E-state index is 17.6. The maximum atomic E-state index is 17.6. The average Bonchev–Trinajstić information content (AvgIpc) is 3.80. The molecule has 12 rings (SSSR count). The third-order valence-electron chi connectivity index (χ3n) is 11.9. The van der Waals surface area contributed by atoms with Crippen LogP contribution in [-0.2, 0) is 4.57 Å². The van der Waals surface area contributed by atoms with Crippen molar-refractivity contribution >= 4 is 89.8 Å². The average molecular weight is 775 g/mol. The quantitative estimate of drug-likeness (QED) is 0.129. The van der Waals surface area contributed by atoms with Crippen LogP contribution < -0.4 is 14.6 Å². The van der Waals surface area contributed by atoms with Gasteiger partial charge < -0.3 is 4.42 Å². The van der Waals surface area contributed by atoms with Gasteiger partial charge in [-0.3, -0.25) is 13.9 Å². The molecule has 0 saturated carbocycles. The van der Waals surface area contributed by atoms with E-state index < -0.39 is 7.44 Å². The van der Waals surface area contributed by atoms with Crippen LogP contribution in [0.1, 0.15) is 0 Å². The maximum Gasteiger partial charge on any atom is 0.302 e. The molecule has 0 N–H and O–H groups in total. The topological polar surface area (TPSA) is 36.7 Å². The second-order valence-corrected chi connectivity index (χ2v) is 17.6. The summed E-state index contributed by atoms with van der Waals surface area (Å²) in [5.41, 5.74) is 9.55. The zero-order valence-electron chi connectivity index (χ0n) is 31.9. The van der Waals surface area contributed by atoms with Crippen molar-refractivity contribution in [3.8, 4) is 22.3 Å². The van der Waals surface area contributed by atoms with E-state index in [1.165, 1.54) is 10.8 Å². The van der Waals surface area contributed by atoms with Gasteiger partial charge in [0.15, 0.2) is 0 Å². The zero-order valence-corrected chi connectivity index (χ0v) is 32.8. The molecule has 0 radical (unpaired) electrons. The Morgan fingerprint density at radius 2 is 0.864 bits per heavy atom. The molecule has 1 aliphatic heterocycles. The van der Waals surface area contributed by atoms with E-state index in [-0.39, 0.29) is 0 Å². The van der Waals surface area contributed by atoms with Crippen LogP contribution >= 0.6 is 7.44 Å². The molecule has 0 bridgehead atoms. The lowest BCUT2D eigenvalue weighted by Crippen LogP contribution is -2.28. The fourth-order valence-corrected chi connectivity index (χ4v) is 12.7. The summed E-state index contributed by atoms with van der Waals surface area (Å²) in [7, 11) is -3.83. The van der Waals surface area contributed by atoms with Gasteiger partial charge in [-0.25, -0.2) is 0 Å². The molecule has 2 heterocycles. The number of anilines is 4. The van der Waals surface area contributed by atoms with Crippen LogP contribution in [0.25, 0.3) is 76.5 Å². The summed E-state index contributed by atoms with van der Waals surface area (Å²) >= 11 is 0. The monoisotopic (exact) mass is 774 g/mol. The molecule has 0 fully saturated rings. The van der Waals surface area contributed by atoms with E-state index in [0.29, 0.717) is 0 Å². The zero-order chi connectivity index (χ0) is 39.1. The Labute approximate surface area is 341 Å². The summed E-state index contributed by atoms with van der Waals surface area (Å²) in [6.07, 6.45) is 0. The van der Waals surface area contributed by atoms with Crippen molar-refractivity contribution in [1.82, 2.24) is 0 Å². The van der Waals surface area contributed by atoms with Crippen molar-refractivity contribution < 1.29 is 8.98 Å². The molecular formula is C54H35N2O2P. The normalized spacial score (nSPS) is 15.2. The van der Waals surface area contributed by atoms with Gasteiger partial charge in [0.2, 0.25) is 0 Å². The molecule has 1 atom stereocenters. The van der Waals surface area contributed by atoms with E-state index in [1.807, 2.05) is 48.5 Å². The first-order valence-corrected chi connectivity index (χ1v) is 21.6. The standard InChI is InChI=1S/C54H35N2O2P/c57-59(54-46-24-11-9-22-44(46)53(45-23-10-12-25-47(45)54)40-28-27-36-15-7-8-16-37(36)33-40)55(41-17-3-1-4-18-41)49-31-29-39(35-50(49)56(59)42-19-5-2-6-20-42)38-30-32-52-48(34-38)43-21-13-14-26-51(43)58-52/h1-35H. The lowest BCUT2D eigenvalue weighted by Gasteiger charge is -2.35. The summed E-state index contributed by atoms with van der Waals surface area (Å²) < 4.78 is 28.0. The van der Waals surface area contributed by atoms with Gasteiger partial charge in [-0.1, -0.05) is 152 Å².